The smallest absolute Gasteiger partial charge is 0.316 e. The number of aromatic amines is 1. The van der Waals surface area contributed by atoms with Gasteiger partial charge in [0, 0.05) is 22.4 Å². The van der Waals surface area contributed by atoms with E-state index >= 15 is 0 Å². The van der Waals surface area contributed by atoms with Gasteiger partial charge in [-0.3, -0.25) is 19.6 Å². The van der Waals surface area contributed by atoms with Crippen LogP contribution in [0.15, 0.2) is 83.3 Å². The van der Waals surface area contributed by atoms with E-state index in [1.807, 2.05) is 85.1 Å². The van der Waals surface area contributed by atoms with Gasteiger partial charge in [-0.15, -0.1) is 33.3 Å². The van der Waals surface area contributed by atoms with Crippen LogP contribution >= 0.6 is 34.9 Å². The molecule has 2 saturated heterocycles. The van der Waals surface area contributed by atoms with Crippen LogP contribution in [0.2, 0.25) is 0 Å². The summed E-state index contributed by atoms with van der Waals surface area (Å²) >= 11 is 4.02. The molecular weight excluding hydrogens is 609 g/mol. The minimum absolute atomic E-state index is 0.00430. The van der Waals surface area contributed by atoms with Crippen molar-refractivity contribution in [3.63, 3.8) is 0 Å². The van der Waals surface area contributed by atoms with Crippen LogP contribution in [0, 0.1) is 5.41 Å². The summed E-state index contributed by atoms with van der Waals surface area (Å²) in [4.78, 5) is 42.9. The molecule has 4 heterocycles. The summed E-state index contributed by atoms with van der Waals surface area (Å²) in [5.41, 5.74) is 0.477. The molecule has 222 valence electrons. The predicted molar refractivity (Wildman–Crippen MR) is 161 cm³/mol. The molecule has 0 spiro atoms. The van der Waals surface area contributed by atoms with Crippen molar-refractivity contribution < 1.29 is 24.3 Å². The second-order valence-corrected chi connectivity index (χ2v) is 13.8. The van der Waals surface area contributed by atoms with E-state index in [4.69, 9.17) is 4.74 Å². The fraction of sp³-hybridized carbons (Fsp3) is 0.310. The van der Waals surface area contributed by atoms with Gasteiger partial charge in [0.2, 0.25) is 5.16 Å². The zero-order valence-corrected chi connectivity index (χ0v) is 25.4. The third kappa shape index (κ3) is 5.79. The number of carbonyl (C=O) groups excluding carboxylic acids is 3. The number of fused-ring (bicyclic) bond motifs is 1. The maximum atomic E-state index is 14.4. The Labute approximate surface area is 259 Å². The van der Waals surface area contributed by atoms with Crippen molar-refractivity contribution in [1.29, 1.82) is 0 Å². The molecule has 4 atom stereocenters. The van der Waals surface area contributed by atoms with Gasteiger partial charge in [-0.25, -0.2) is 5.06 Å². The molecule has 2 aromatic carbocycles. The number of nitrogens with zero attached hydrogens (tertiary/aromatic N) is 5. The number of rotatable bonds is 10. The Morgan fingerprint density at radius 3 is 2.44 bits per heavy atom. The number of hydrogen-bond acceptors (Lipinski definition) is 11. The summed E-state index contributed by atoms with van der Waals surface area (Å²) in [6, 6.07) is 21.6. The Morgan fingerprint density at radius 1 is 1.14 bits per heavy atom. The van der Waals surface area contributed by atoms with Gasteiger partial charge in [0.05, 0.1) is 6.42 Å². The average molecular weight is 637 g/mol. The summed E-state index contributed by atoms with van der Waals surface area (Å²) in [6.45, 7) is 1.93. The van der Waals surface area contributed by atoms with Crippen molar-refractivity contribution >= 4 is 52.6 Å². The van der Waals surface area contributed by atoms with E-state index in [1.54, 1.807) is 4.90 Å². The molecule has 14 heteroatoms. The number of amides is 2. The number of esters is 1. The average Bonchev–Trinajstić information content (AvgIpc) is 3.75. The van der Waals surface area contributed by atoms with Crippen LogP contribution in [0.1, 0.15) is 29.0 Å². The Hall–Kier alpha value is -3.72. The molecule has 3 unspecified atom stereocenters. The number of thioether (sulfide) groups is 2. The van der Waals surface area contributed by atoms with Crippen LogP contribution < -0.4 is 0 Å². The molecule has 0 aliphatic carbocycles. The Balaban J connectivity index is 1.26. The third-order valence-electron chi connectivity index (χ3n) is 7.72. The Kier molecular flexibility index (Phi) is 8.52. The summed E-state index contributed by atoms with van der Waals surface area (Å²) in [5, 5.41) is 26.8. The van der Waals surface area contributed by atoms with E-state index in [2.05, 4.69) is 20.6 Å². The van der Waals surface area contributed by atoms with Crippen LogP contribution in [0.5, 0.6) is 0 Å². The molecule has 0 saturated carbocycles. The number of carbonyl (C=O) groups is 3. The normalized spacial score (nSPS) is 22.0. The Morgan fingerprint density at radius 2 is 1.84 bits per heavy atom. The lowest BCUT2D eigenvalue weighted by atomic mass is 9.83. The molecule has 4 aromatic rings. The molecule has 2 N–H and O–H groups in total. The molecular formula is C29H28N6O5S3. The molecule has 2 fully saturated rings. The number of β-lactam (4-membered cyclic amide) rings is 1. The van der Waals surface area contributed by atoms with Gasteiger partial charge in [0.15, 0.2) is 12.1 Å². The zero-order valence-electron chi connectivity index (χ0n) is 23.0. The van der Waals surface area contributed by atoms with E-state index in [0.29, 0.717) is 10.2 Å². The summed E-state index contributed by atoms with van der Waals surface area (Å²) in [7, 11) is 0. The summed E-state index contributed by atoms with van der Waals surface area (Å²) in [6.07, 6.45) is -0.663. The van der Waals surface area contributed by atoms with Gasteiger partial charge in [-0.2, -0.15) is 5.21 Å². The van der Waals surface area contributed by atoms with Crippen molar-refractivity contribution in [2.45, 2.75) is 41.3 Å². The van der Waals surface area contributed by atoms with Crippen LogP contribution in [0.3, 0.4) is 0 Å². The van der Waals surface area contributed by atoms with Crippen molar-refractivity contribution in [2.24, 2.45) is 5.41 Å². The van der Waals surface area contributed by atoms with Crippen molar-refractivity contribution in [1.82, 2.24) is 30.6 Å². The minimum Gasteiger partial charge on any atom is -0.452 e. The van der Waals surface area contributed by atoms with Crippen molar-refractivity contribution in [2.75, 3.05) is 12.3 Å². The van der Waals surface area contributed by atoms with Gasteiger partial charge in [0.1, 0.15) is 10.8 Å². The molecule has 2 amide bonds. The number of benzene rings is 2. The molecule has 6 rings (SSSR count). The second-order valence-electron chi connectivity index (χ2n) is 10.3. The van der Waals surface area contributed by atoms with Crippen LogP contribution in [-0.2, 0) is 25.5 Å². The number of aromatic nitrogens is 4. The number of hydrogen-bond donors (Lipinski definition) is 2. The van der Waals surface area contributed by atoms with E-state index < -0.39 is 46.0 Å². The fourth-order valence-corrected chi connectivity index (χ4v) is 8.76. The van der Waals surface area contributed by atoms with Crippen LogP contribution in [0.25, 0.3) is 0 Å². The number of tetrazole rings is 1. The SMILES string of the molecule is CC(Sc1nn[nH]n1)C1(C(=O)OC(c2ccccc2)c2ccccc2)CS[C@@H]2C(N(O)C(=O)Cc3cccs3)C(=O)N2C1. The minimum atomic E-state index is -1.16. The molecule has 2 aromatic heterocycles. The highest BCUT2D eigenvalue weighted by Gasteiger charge is 2.61. The highest BCUT2D eigenvalue weighted by Crippen LogP contribution is 2.49. The van der Waals surface area contributed by atoms with Gasteiger partial charge < -0.3 is 9.64 Å². The number of nitrogens with one attached hydrogen (secondary N) is 1. The maximum Gasteiger partial charge on any atom is 0.316 e. The Bertz CT molecular complexity index is 1520. The zero-order chi connectivity index (χ0) is 30.0. The van der Waals surface area contributed by atoms with E-state index in [9.17, 15) is 19.6 Å². The van der Waals surface area contributed by atoms with E-state index in [1.165, 1.54) is 34.9 Å². The number of H-pyrrole nitrogens is 1. The third-order valence-corrected chi connectivity index (χ3v) is 11.3. The highest BCUT2D eigenvalue weighted by molar-refractivity contribution is 8.01. The first-order chi connectivity index (χ1) is 20.9. The largest absolute Gasteiger partial charge is 0.452 e. The molecule has 11 nitrogen and oxygen atoms in total. The molecule has 0 radical (unpaired) electrons. The van der Waals surface area contributed by atoms with Crippen LogP contribution in [-0.4, -0.2) is 82.5 Å². The molecule has 2 aliphatic heterocycles. The molecule has 0 bridgehead atoms. The van der Waals surface area contributed by atoms with Gasteiger partial charge in [0.25, 0.3) is 11.8 Å². The maximum absolute atomic E-state index is 14.4. The standard InChI is InChI=1S/C29H28N6O5S3/c1-18(43-28-30-32-33-31-28)29(27(38)40-24(19-9-4-2-5-10-19)20-11-6-3-7-12-20)16-34-25(37)23(26(34)42-17-29)35(39)22(36)15-21-13-8-14-41-21/h2-14,18,23-24,26,39H,15-17H2,1H3,(H,30,31,32,33)/t18?,23?,26-,29?/m1/s1. The lowest BCUT2D eigenvalue weighted by molar-refractivity contribution is -0.202. The quantitative estimate of drug-likeness (QED) is 0.0868. The fourth-order valence-electron chi connectivity index (χ4n) is 5.28. The predicted octanol–water partition coefficient (Wildman–Crippen LogP) is 3.81. The lowest BCUT2D eigenvalue weighted by Gasteiger charge is -2.56. The lowest BCUT2D eigenvalue weighted by Crippen LogP contribution is -2.74. The molecule has 2 aliphatic rings. The van der Waals surface area contributed by atoms with Crippen molar-refractivity contribution in [3.05, 3.63) is 94.2 Å². The summed E-state index contributed by atoms with van der Waals surface area (Å²) in [5.74, 6) is -1.15. The first kappa shape index (κ1) is 29.4. The number of ether oxygens (including phenoxy) is 1. The number of hydroxylamine groups is 2. The van der Waals surface area contributed by atoms with Crippen LogP contribution in [0.4, 0.5) is 0 Å². The highest BCUT2D eigenvalue weighted by atomic mass is 32.2. The summed E-state index contributed by atoms with van der Waals surface area (Å²) < 4.78 is 6.34. The van der Waals surface area contributed by atoms with E-state index in [0.717, 1.165) is 16.0 Å². The first-order valence-corrected chi connectivity index (χ1v) is 16.3. The second kappa shape index (κ2) is 12.5. The molecule has 43 heavy (non-hydrogen) atoms. The first-order valence-electron chi connectivity index (χ1n) is 13.5. The monoisotopic (exact) mass is 636 g/mol. The van der Waals surface area contributed by atoms with Crippen molar-refractivity contribution in [3.8, 4) is 0 Å². The van der Waals surface area contributed by atoms with Gasteiger partial charge >= 0.3 is 5.97 Å². The van der Waals surface area contributed by atoms with Gasteiger partial charge in [-0.05, 0) is 27.8 Å². The van der Waals surface area contributed by atoms with Gasteiger partial charge in [-0.1, -0.05) is 85.4 Å². The topological polar surface area (TPSA) is 142 Å². The number of thiophene rings is 1. The van der Waals surface area contributed by atoms with E-state index in [-0.39, 0.29) is 18.7 Å².